The van der Waals surface area contributed by atoms with E-state index < -0.39 is 0 Å². The molecule has 0 unspecified atom stereocenters. The Bertz CT molecular complexity index is 780. The quantitative estimate of drug-likeness (QED) is 0.684. The molecule has 0 atom stereocenters. The lowest BCUT2D eigenvalue weighted by atomic mass is 10.2. The molecule has 5 heteroatoms. The predicted octanol–water partition coefficient (Wildman–Crippen LogP) is 0.830. The van der Waals surface area contributed by atoms with E-state index in [2.05, 4.69) is 32.4 Å². The summed E-state index contributed by atoms with van der Waals surface area (Å²) in [6.07, 6.45) is 7.09. The van der Waals surface area contributed by atoms with Crippen molar-refractivity contribution in [2.24, 2.45) is 15.0 Å². The zero-order valence-corrected chi connectivity index (χ0v) is 10.1. The zero-order valence-electron chi connectivity index (χ0n) is 10.1. The number of fused-ring (bicyclic) bond motifs is 1. The molecule has 0 aliphatic carbocycles. The number of hydrogen-bond acceptors (Lipinski definition) is 5. The van der Waals surface area contributed by atoms with Crippen LogP contribution in [0.3, 0.4) is 0 Å². The first-order valence-electron chi connectivity index (χ1n) is 5.73. The molecule has 0 bridgehead atoms. The Morgan fingerprint density at radius 3 is 3.26 bits per heavy atom. The van der Waals surface area contributed by atoms with Gasteiger partial charge in [-0.1, -0.05) is 12.2 Å². The second-order valence-corrected chi connectivity index (χ2v) is 3.87. The molecule has 1 aromatic heterocycles. The van der Waals surface area contributed by atoms with Crippen molar-refractivity contribution in [2.45, 2.75) is 0 Å². The lowest BCUT2D eigenvalue weighted by Gasteiger charge is -2.05. The van der Waals surface area contributed by atoms with Crippen molar-refractivity contribution in [3.63, 3.8) is 0 Å². The third kappa shape index (κ3) is 2.41. The van der Waals surface area contributed by atoms with Crippen LogP contribution in [0.2, 0.25) is 0 Å². The van der Waals surface area contributed by atoms with E-state index in [-0.39, 0.29) is 5.88 Å². The van der Waals surface area contributed by atoms with Crippen molar-refractivity contribution in [3.05, 3.63) is 71.3 Å². The van der Waals surface area contributed by atoms with E-state index in [1.165, 1.54) is 0 Å². The summed E-state index contributed by atoms with van der Waals surface area (Å²) in [5.41, 5.74) is 1.34. The number of aliphatic imine (C=N–C) groups is 1. The van der Waals surface area contributed by atoms with Crippen LogP contribution in [0.5, 0.6) is 0 Å². The third-order valence-corrected chi connectivity index (χ3v) is 2.54. The van der Waals surface area contributed by atoms with E-state index in [1.807, 2.05) is 24.3 Å². The molecular weight excluding hydrogens is 240 g/mol. The minimum Gasteiger partial charge on any atom is -0.420 e. The maximum Gasteiger partial charge on any atom is 0.234 e. The molecule has 2 aliphatic rings. The van der Waals surface area contributed by atoms with Gasteiger partial charge in [-0.2, -0.15) is 9.98 Å². The molecule has 0 amide bonds. The summed E-state index contributed by atoms with van der Waals surface area (Å²) in [6, 6.07) is 3.67. The van der Waals surface area contributed by atoms with E-state index >= 15 is 0 Å². The van der Waals surface area contributed by atoms with Crippen LogP contribution < -0.4 is 10.8 Å². The van der Waals surface area contributed by atoms with Gasteiger partial charge in [0.15, 0.2) is 5.49 Å². The first-order valence-corrected chi connectivity index (χ1v) is 5.73. The molecule has 0 spiro atoms. The van der Waals surface area contributed by atoms with Gasteiger partial charge >= 0.3 is 0 Å². The molecule has 0 saturated heterocycles. The third-order valence-electron chi connectivity index (χ3n) is 2.54. The highest BCUT2D eigenvalue weighted by Crippen LogP contribution is 2.15. The van der Waals surface area contributed by atoms with Gasteiger partial charge in [0.05, 0.1) is 6.54 Å². The molecule has 0 saturated carbocycles. The number of hydrogen-bond donors (Lipinski definition) is 0. The Morgan fingerprint density at radius 1 is 1.37 bits per heavy atom. The maximum atomic E-state index is 5.53. The number of rotatable bonds is 0. The highest BCUT2D eigenvalue weighted by atomic mass is 16.5. The van der Waals surface area contributed by atoms with Crippen LogP contribution in [0, 0.1) is 0 Å². The fourth-order valence-electron chi connectivity index (χ4n) is 1.68. The van der Waals surface area contributed by atoms with E-state index in [0.717, 1.165) is 5.57 Å². The van der Waals surface area contributed by atoms with Crippen molar-refractivity contribution in [2.75, 3.05) is 6.54 Å². The van der Waals surface area contributed by atoms with Gasteiger partial charge < -0.3 is 4.74 Å². The van der Waals surface area contributed by atoms with E-state index in [0.29, 0.717) is 23.3 Å². The van der Waals surface area contributed by atoms with Gasteiger partial charge in [0.1, 0.15) is 5.36 Å². The van der Waals surface area contributed by atoms with E-state index in [9.17, 15) is 0 Å². The maximum absolute atomic E-state index is 5.53. The molecule has 0 N–H and O–H groups in total. The number of allylic oxidation sites excluding steroid dienone is 2. The van der Waals surface area contributed by atoms with Gasteiger partial charge in [-0.15, -0.1) is 0 Å². The highest BCUT2D eigenvalue weighted by Gasteiger charge is 2.09. The molecule has 0 aromatic carbocycles. The summed E-state index contributed by atoms with van der Waals surface area (Å²) in [4.78, 5) is 16.9. The molecule has 19 heavy (non-hydrogen) atoms. The second-order valence-electron chi connectivity index (χ2n) is 3.87. The Balaban J connectivity index is 2.18. The number of ether oxygens (including phenoxy) is 1. The normalized spacial score (nSPS) is 20.5. The Labute approximate surface area is 109 Å². The average Bonchev–Trinajstić information content (AvgIpc) is 2.59. The second kappa shape index (κ2) is 4.84. The van der Waals surface area contributed by atoms with Crippen LogP contribution in [-0.4, -0.2) is 17.4 Å². The number of pyridine rings is 1. The summed E-state index contributed by atoms with van der Waals surface area (Å²) in [7, 11) is 0. The van der Waals surface area contributed by atoms with Crippen molar-refractivity contribution < 1.29 is 4.74 Å². The molecule has 2 aliphatic heterocycles. The predicted molar refractivity (Wildman–Crippen MR) is 69.8 cm³/mol. The van der Waals surface area contributed by atoms with E-state index in [1.54, 1.807) is 12.3 Å². The van der Waals surface area contributed by atoms with Crippen LogP contribution in [0.1, 0.15) is 0 Å². The van der Waals surface area contributed by atoms with Crippen LogP contribution >= 0.6 is 0 Å². The standard InChI is InChI=1S/C14H10N4O/c1-10-18-13-12(6-4-8-15-13)17-9-11-5-2-3-7-16-14(11)19-10/h2-6,8H,1,9H2/b17-12-,18-13+. The van der Waals surface area contributed by atoms with Crippen molar-refractivity contribution in [1.82, 2.24) is 4.98 Å². The molecule has 0 radical (unpaired) electrons. The van der Waals surface area contributed by atoms with Crippen molar-refractivity contribution >= 4 is 5.87 Å². The fourth-order valence-corrected chi connectivity index (χ4v) is 1.68. The first kappa shape index (κ1) is 11.3. The minimum atomic E-state index is 0.227. The summed E-state index contributed by atoms with van der Waals surface area (Å²) < 4.78 is 5.53. The van der Waals surface area contributed by atoms with E-state index in [4.69, 9.17) is 4.74 Å². The summed E-state index contributed by atoms with van der Waals surface area (Å²) >= 11 is 0. The van der Waals surface area contributed by atoms with Crippen LogP contribution in [0.25, 0.3) is 0 Å². The minimum absolute atomic E-state index is 0.227. The molecular formula is C14H10N4O. The van der Waals surface area contributed by atoms with Crippen LogP contribution in [0.15, 0.2) is 75.5 Å². The van der Waals surface area contributed by atoms with Crippen molar-refractivity contribution in [3.8, 4) is 0 Å². The summed E-state index contributed by atoms with van der Waals surface area (Å²) in [5, 5.41) is 0.704. The fraction of sp³-hybridized carbons (Fsp3) is 0.0714. The molecule has 3 heterocycles. The summed E-state index contributed by atoms with van der Waals surface area (Å²) in [6.45, 7) is 4.19. The van der Waals surface area contributed by atoms with Crippen LogP contribution in [0.4, 0.5) is 0 Å². The molecule has 92 valence electrons. The molecule has 5 nitrogen and oxygen atoms in total. The topological polar surface area (TPSA) is 59.2 Å². The highest BCUT2D eigenvalue weighted by molar-refractivity contribution is 5.58. The van der Waals surface area contributed by atoms with Crippen molar-refractivity contribution in [1.29, 1.82) is 0 Å². The number of aromatic nitrogens is 1. The zero-order chi connectivity index (χ0) is 13.1. The molecule has 0 fully saturated rings. The van der Waals surface area contributed by atoms with Gasteiger partial charge in [-0.3, -0.25) is 4.99 Å². The monoisotopic (exact) mass is 250 g/mol. The van der Waals surface area contributed by atoms with Gasteiger partial charge in [0.2, 0.25) is 11.8 Å². The molecule has 3 rings (SSSR count). The summed E-state index contributed by atoms with van der Waals surface area (Å²) in [5.74, 6) is 3.39. The SMILES string of the molecule is C=C1/N=c2/nccc/c2=N/CC2=C(N=C=CC=C2)O1. The Kier molecular flexibility index (Phi) is 2.88. The lowest BCUT2D eigenvalue weighted by molar-refractivity contribution is 0.295. The smallest absolute Gasteiger partial charge is 0.234 e. The average molecular weight is 250 g/mol. The van der Waals surface area contributed by atoms with Gasteiger partial charge in [0.25, 0.3) is 0 Å². The lowest BCUT2D eigenvalue weighted by Crippen LogP contribution is -2.28. The largest absolute Gasteiger partial charge is 0.420 e. The molecule has 1 aromatic rings. The van der Waals surface area contributed by atoms with Gasteiger partial charge in [-0.25, -0.2) is 4.98 Å². The van der Waals surface area contributed by atoms with Gasteiger partial charge in [-0.05, 0) is 30.7 Å². The van der Waals surface area contributed by atoms with Gasteiger partial charge in [0, 0.05) is 11.8 Å². The first-order chi connectivity index (χ1) is 9.33. The Morgan fingerprint density at radius 2 is 2.32 bits per heavy atom. The van der Waals surface area contributed by atoms with Crippen LogP contribution in [-0.2, 0) is 4.74 Å². The number of nitrogens with zero attached hydrogens (tertiary/aromatic N) is 4. The Hall–Kier alpha value is -2.78.